The van der Waals surface area contributed by atoms with Crippen LogP contribution in [0.25, 0.3) is 0 Å². The quantitative estimate of drug-likeness (QED) is 0.680. The Balaban J connectivity index is 1.74. The van der Waals surface area contributed by atoms with Crippen LogP contribution in [0.2, 0.25) is 0 Å². The van der Waals surface area contributed by atoms with Crippen molar-refractivity contribution in [3.05, 3.63) is 0 Å². The number of fused-ring (bicyclic) bond motifs is 1. The van der Waals surface area contributed by atoms with Crippen molar-refractivity contribution in [2.45, 2.75) is 89.9 Å². The topological polar surface area (TPSA) is 81.7 Å². The molecule has 6 atom stereocenters. The summed E-state index contributed by atoms with van der Waals surface area (Å²) in [6, 6.07) is 0. The average Bonchev–Trinajstić information content (AvgIpc) is 3.10. The molecule has 0 bridgehead atoms. The third-order valence-electron chi connectivity index (χ3n) is 4.40. The molecule has 0 aromatic rings. The number of carbonyl (C=O) groups is 1. The highest BCUT2D eigenvalue weighted by Crippen LogP contribution is 2.42. The molecule has 2 unspecified atom stereocenters. The van der Waals surface area contributed by atoms with Gasteiger partial charge in [-0.05, 0) is 41.5 Å². The molecule has 3 saturated heterocycles. The normalized spacial score (nSPS) is 40.0. The van der Waals surface area contributed by atoms with Crippen molar-refractivity contribution in [2.24, 2.45) is 0 Å². The standard InChI is InChI=1S/C17H28O8/c1-7-19-14(18)9(2)21-12-11(10-8-20-16(3,4)23-10)22-15-13(12)24-17(5,6)25-15/h9-13,15H,7-8H2,1-6H3/t9?,10?,11-,12+,13-,15-/m1/s1. The molecule has 3 heterocycles. The van der Waals surface area contributed by atoms with E-state index in [1.807, 2.05) is 27.7 Å². The molecule has 0 aromatic carbocycles. The molecule has 0 aromatic heterocycles. The van der Waals surface area contributed by atoms with E-state index in [9.17, 15) is 4.79 Å². The van der Waals surface area contributed by atoms with E-state index in [0.717, 1.165) is 0 Å². The van der Waals surface area contributed by atoms with E-state index < -0.39 is 48.2 Å². The van der Waals surface area contributed by atoms with Crippen LogP contribution < -0.4 is 0 Å². The Hall–Kier alpha value is -0.770. The van der Waals surface area contributed by atoms with Crippen LogP contribution >= 0.6 is 0 Å². The molecule has 3 aliphatic rings. The van der Waals surface area contributed by atoms with Crippen LogP contribution in [-0.2, 0) is 38.0 Å². The van der Waals surface area contributed by atoms with Crippen LogP contribution in [0.3, 0.4) is 0 Å². The monoisotopic (exact) mass is 360 g/mol. The molecule has 8 heteroatoms. The first-order valence-electron chi connectivity index (χ1n) is 8.77. The summed E-state index contributed by atoms with van der Waals surface area (Å²) >= 11 is 0. The van der Waals surface area contributed by atoms with E-state index in [4.69, 9.17) is 33.2 Å². The van der Waals surface area contributed by atoms with E-state index in [1.165, 1.54) is 0 Å². The zero-order chi connectivity index (χ0) is 18.4. The van der Waals surface area contributed by atoms with Crippen molar-refractivity contribution >= 4 is 5.97 Å². The van der Waals surface area contributed by atoms with E-state index in [-0.39, 0.29) is 6.10 Å². The second-order valence-electron chi connectivity index (χ2n) is 7.43. The van der Waals surface area contributed by atoms with E-state index in [0.29, 0.717) is 13.2 Å². The van der Waals surface area contributed by atoms with Gasteiger partial charge in [0.05, 0.1) is 13.2 Å². The summed E-state index contributed by atoms with van der Waals surface area (Å²) in [5.41, 5.74) is 0. The van der Waals surface area contributed by atoms with Crippen molar-refractivity contribution in [3.8, 4) is 0 Å². The Morgan fingerprint density at radius 1 is 1.12 bits per heavy atom. The van der Waals surface area contributed by atoms with Gasteiger partial charge >= 0.3 is 5.97 Å². The van der Waals surface area contributed by atoms with Gasteiger partial charge in [-0.2, -0.15) is 0 Å². The molecular formula is C17H28O8. The molecule has 8 nitrogen and oxygen atoms in total. The summed E-state index contributed by atoms with van der Waals surface area (Å²) in [6.07, 6.45) is -3.12. The Kier molecular flexibility index (Phi) is 5.13. The van der Waals surface area contributed by atoms with Gasteiger partial charge in [0.1, 0.15) is 24.4 Å². The maximum Gasteiger partial charge on any atom is 0.334 e. The van der Waals surface area contributed by atoms with Crippen LogP contribution in [0, 0.1) is 0 Å². The molecule has 0 spiro atoms. The van der Waals surface area contributed by atoms with Crippen LogP contribution in [0.15, 0.2) is 0 Å². The third-order valence-corrected chi connectivity index (χ3v) is 4.40. The van der Waals surface area contributed by atoms with Gasteiger partial charge in [0.2, 0.25) is 0 Å². The lowest BCUT2D eigenvalue weighted by Crippen LogP contribution is -2.46. The number of hydrogen-bond donors (Lipinski definition) is 0. The zero-order valence-electron chi connectivity index (χ0n) is 15.6. The molecule has 25 heavy (non-hydrogen) atoms. The minimum absolute atomic E-state index is 0.295. The van der Waals surface area contributed by atoms with Gasteiger partial charge < -0.3 is 33.2 Å². The van der Waals surface area contributed by atoms with Gasteiger partial charge in [0.25, 0.3) is 0 Å². The second kappa shape index (κ2) is 6.75. The van der Waals surface area contributed by atoms with Crippen molar-refractivity contribution in [1.29, 1.82) is 0 Å². The first kappa shape index (κ1) is 19.0. The molecule has 3 rings (SSSR count). The van der Waals surface area contributed by atoms with Crippen LogP contribution in [0.4, 0.5) is 0 Å². The van der Waals surface area contributed by atoms with E-state index in [1.54, 1.807) is 13.8 Å². The van der Waals surface area contributed by atoms with E-state index in [2.05, 4.69) is 0 Å². The van der Waals surface area contributed by atoms with Crippen molar-refractivity contribution in [1.82, 2.24) is 0 Å². The van der Waals surface area contributed by atoms with Gasteiger partial charge in [0, 0.05) is 0 Å². The molecule has 3 aliphatic heterocycles. The highest BCUT2D eigenvalue weighted by molar-refractivity contribution is 5.74. The molecule has 0 aliphatic carbocycles. The Labute approximate surface area is 148 Å². The molecule has 0 saturated carbocycles. The summed E-state index contributed by atoms with van der Waals surface area (Å²) < 4.78 is 40.3. The second-order valence-corrected chi connectivity index (χ2v) is 7.43. The van der Waals surface area contributed by atoms with Crippen molar-refractivity contribution in [2.75, 3.05) is 13.2 Å². The first-order valence-corrected chi connectivity index (χ1v) is 8.77. The van der Waals surface area contributed by atoms with Gasteiger partial charge in [-0.15, -0.1) is 0 Å². The lowest BCUT2D eigenvalue weighted by molar-refractivity contribution is -0.239. The summed E-state index contributed by atoms with van der Waals surface area (Å²) in [5, 5.41) is 0. The van der Waals surface area contributed by atoms with Crippen molar-refractivity contribution < 1.29 is 38.0 Å². The molecule has 0 N–H and O–H groups in total. The minimum atomic E-state index is -0.776. The van der Waals surface area contributed by atoms with Gasteiger partial charge in [-0.25, -0.2) is 4.79 Å². The van der Waals surface area contributed by atoms with E-state index >= 15 is 0 Å². The predicted octanol–water partition coefficient (Wildman–Crippen LogP) is 1.35. The Morgan fingerprint density at radius 2 is 1.84 bits per heavy atom. The fourth-order valence-corrected chi connectivity index (χ4v) is 3.39. The Morgan fingerprint density at radius 3 is 2.44 bits per heavy atom. The number of esters is 1. The molecule has 0 amide bonds. The fourth-order valence-electron chi connectivity index (χ4n) is 3.39. The Bertz CT molecular complexity index is 505. The lowest BCUT2D eigenvalue weighted by Gasteiger charge is -2.30. The zero-order valence-corrected chi connectivity index (χ0v) is 15.6. The number of ether oxygens (including phenoxy) is 7. The fraction of sp³-hybridized carbons (Fsp3) is 0.941. The summed E-state index contributed by atoms with van der Waals surface area (Å²) in [7, 11) is 0. The van der Waals surface area contributed by atoms with Crippen LogP contribution in [-0.4, -0.2) is 67.6 Å². The summed E-state index contributed by atoms with van der Waals surface area (Å²) in [4.78, 5) is 12.0. The van der Waals surface area contributed by atoms with Gasteiger partial charge in [-0.3, -0.25) is 0 Å². The molecular weight excluding hydrogens is 332 g/mol. The minimum Gasteiger partial charge on any atom is -0.464 e. The number of hydrogen-bond acceptors (Lipinski definition) is 8. The molecule has 144 valence electrons. The lowest BCUT2D eigenvalue weighted by atomic mass is 10.1. The van der Waals surface area contributed by atoms with Crippen LogP contribution in [0.1, 0.15) is 41.5 Å². The first-order chi connectivity index (χ1) is 11.6. The molecule has 0 radical (unpaired) electrons. The summed E-state index contributed by atoms with van der Waals surface area (Å²) in [5.74, 6) is -1.89. The SMILES string of the molecule is CCOC(=O)C(C)O[C@@H]1[C@H]2OC(C)(C)O[C@H]2O[C@@H]1C1COC(C)(C)O1. The maximum absolute atomic E-state index is 12.0. The average molecular weight is 360 g/mol. The molecule has 3 fully saturated rings. The van der Waals surface area contributed by atoms with Gasteiger partial charge in [-0.1, -0.05) is 0 Å². The summed E-state index contributed by atoms with van der Waals surface area (Å²) in [6.45, 7) is 11.4. The smallest absolute Gasteiger partial charge is 0.334 e. The third kappa shape index (κ3) is 3.99. The number of carbonyl (C=O) groups excluding carboxylic acids is 1. The predicted molar refractivity (Wildman–Crippen MR) is 84.6 cm³/mol. The van der Waals surface area contributed by atoms with Crippen LogP contribution in [0.5, 0.6) is 0 Å². The maximum atomic E-state index is 12.0. The van der Waals surface area contributed by atoms with Crippen molar-refractivity contribution in [3.63, 3.8) is 0 Å². The number of rotatable bonds is 5. The largest absolute Gasteiger partial charge is 0.464 e. The highest BCUT2D eigenvalue weighted by atomic mass is 16.8. The highest BCUT2D eigenvalue weighted by Gasteiger charge is 2.59. The van der Waals surface area contributed by atoms with Gasteiger partial charge in [0.15, 0.2) is 24.0 Å².